The topological polar surface area (TPSA) is 112 Å². The van der Waals surface area contributed by atoms with Gasteiger partial charge in [-0.1, -0.05) is 0 Å². The Bertz CT molecular complexity index is 1740. The lowest BCUT2D eigenvalue weighted by molar-refractivity contribution is -0.275. The van der Waals surface area contributed by atoms with Gasteiger partial charge >= 0.3 is 18.2 Å². The number of hydrogen-bond donors (Lipinski definition) is 2. The van der Waals surface area contributed by atoms with Crippen molar-refractivity contribution in [3.05, 3.63) is 62.8 Å². The highest BCUT2D eigenvalue weighted by molar-refractivity contribution is 7.22. The van der Waals surface area contributed by atoms with Crippen molar-refractivity contribution >= 4 is 21.6 Å². The maximum Gasteiger partial charge on any atom is 0.573 e. The maximum atomic E-state index is 13.3. The van der Waals surface area contributed by atoms with E-state index in [-0.39, 0.29) is 44.3 Å². The van der Waals surface area contributed by atoms with Crippen LogP contribution in [0, 0.1) is 6.92 Å². The molecule has 41 heavy (non-hydrogen) atoms. The Kier molecular flexibility index (Phi) is 7.15. The SMILES string of the molecule is Cc1c(-c2ccc(Oc3ccc4c(c3)OCCO4)c(OC(F)(F)F)c2)sc2c1c(=O)[nH]c(=O)n2C[C@@H](O)C(F)(F)F. The summed E-state index contributed by atoms with van der Waals surface area (Å²) in [5, 5.41) is 9.36. The molecular weight excluding hydrogens is 586 g/mol. The summed E-state index contributed by atoms with van der Waals surface area (Å²) >= 11 is 0.693. The fourth-order valence-corrected chi connectivity index (χ4v) is 5.45. The molecule has 0 bridgehead atoms. The number of fused-ring (bicyclic) bond motifs is 2. The molecule has 0 aliphatic carbocycles. The number of alkyl halides is 6. The molecule has 2 N–H and O–H groups in total. The molecule has 0 fully saturated rings. The lowest BCUT2D eigenvalue weighted by Gasteiger charge is -2.19. The summed E-state index contributed by atoms with van der Waals surface area (Å²) in [4.78, 5) is 26.8. The molecule has 0 saturated carbocycles. The van der Waals surface area contributed by atoms with Crippen LogP contribution < -0.4 is 30.2 Å². The Morgan fingerprint density at radius 3 is 2.41 bits per heavy atom. The zero-order valence-electron chi connectivity index (χ0n) is 20.7. The Morgan fingerprint density at radius 1 is 1.02 bits per heavy atom. The molecule has 0 unspecified atom stereocenters. The number of nitrogens with one attached hydrogen (secondary N) is 1. The molecule has 1 atom stereocenters. The highest BCUT2D eigenvalue weighted by atomic mass is 32.1. The first-order valence-electron chi connectivity index (χ1n) is 11.7. The van der Waals surface area contributed by atoms with Crippen LogP contribution in [-0.2, 0) is 6.54 Å². The number of benzene rings is 2. The van der Waals surface area contributed by atoms with Gasteiger partial charge in [-0.15, -0.1) is 24.5 Å². The molecule has 218 valence electrons. The van der Waals surface area contributed by atoms with Crippen LogP contribution >= 0.6 is 11.3 Å². The molecule has 0 radical (unpaired) electrons. The smallest absolute Gasteiger partial charge is 0.486 e. The number of aromatic amines is 1. The molecule has 2 aromatic carbocycles. The minimum Gasteiger partial charge on any atom is -0.486 e. The number of ether oxygens (including phenoxy) is 4. The Morgan fingerprint density at radius 2 is 1.73 bits per heavy atom. The van der Waals surface area contributed by atoms with Crippen molar-refractivity contribution in [2.75, 3.05) is 13.2 Å². The third-order valence-electron chi connectivity index (χ3n) is 5.97. The average molecular weight is 604 g/mol. The Hall–Kier alpha value is -4.18. The van der Waals surface area contributed by atoms with E-state index in [1.54, 1.807) is 0 Å². The molecular formula is C25H18F6N2O7S. The quantitative estimate of drug-likeness (QED) is 0.294. The predicted octanol–water partition coefficient (Wildman–Crippen LogP) is 5.11. The van der Waals surface area contributed by atoms with Gasteiger partial charge in [-0.25, -0.2) is 4.79 Å². The van der Waals surface area contributed by atoms with Crippen LogP contribution in [0.25, 0.3) is 20.7 Å². The predicted molar refractivity (Wildman–Crippen MR) is 133 cm³/mol. The summed E-state index contributed by atoms with van der Waals surface area (Å²) in [5.74, 6) is -0.199. The van der Waals surface area contributed by atoms with Gasteiger partial charge < -0.3 is 24.1 Å². The number of aryl methyl sites for hydroxylation is 1. The van der Waals surface area contributed by atoms with Gasteiger partial charge in [0, 0.05) is 10.9 Å². The fourth-order valence-electron chi connectivity index (χ4n) is 4.14. The summed E-state index contributed by atoms with van der Waals surface area (Å²) < 4.78 is 100. The number of halogens is 6. The van der Waals surface area contributed by atoms with Crippen molar-refractivity contribution in [1.29, 1.82) is 0 Å². The van der Waals surface area contributed by atoms with E-state index < -0.39 is 42.2 Å². The van der Waals surface area contributed by atoms with Crippen LogP contribution in [-0.4, -0.2) is 46.5 Å². The summed E-state index contributed by atoms with van der Waals surface area (Å²) in [6.07, 6.45) is -13.1. The van der Waals surface area contributed by atoms with Crippen LogP contribution in [0.3, 0.4) is 0 Å². The second kappa shape index (κ2) is 10.3. The van der Waals surface area contributed by atoms with E-state index in [0.29, 0.717) is 34.0 Å². The average Bonchev–Trinajstić information content (AvgIpc) is 3.23. The zero-order valence-corrected chi connectivity index (χ0v) is 21.5. The lowest BCUT2D eigenvalue weighted by Crippen LogP contribution is -2.38. The molecule has 0 amide bonds. The van der Waals surface area contributed by atoms with E-state index in [9.17, 15) is 41.0 Å². The van der Waals surface area contributed by atoms with E-state index in [1.165, 1.54) is 37.3 Å². The molecule has 4 aromatic rings. The van der Waals surface area contributed by atoms with Gasteiger partial charge in [0.05, 0.1) is 11.9 Å². The fraction of sp³-hybridized carbons (Fsp3) is 0.280. The highest BCUT2D eigenvalue weighted by Gasteiger charge is 2.39. The van der Waals surface area contributed by atoms with Crippen molar-refractivity contribution in [3.63, 3.8) is 0 Å². The molecule has 9 nitrogen and oxygen atoms in total. The first kappa shape index (κ1) is 28.4. The van der Waals surface area contributed by atoms with Gasteiger partial charge in [0.1, 0.15) is 23.8 Å². The largest absolute Gasteiger partial charge is 0.573 e. The van der Waals surface area contributed by atoms with Crippen molar-refractivity contribution in [2.24, 2.45) is 0 Å². The number of aromatic nitrogens is 2. The van der Waals surface area contributed by atoms with Gasteiger partial charge in [-0.3, -0.25) is 14.3 Å². The van der Waals surface area contributed by atoms with E-state index in [2.05, 4.69) is 4.74 Å². The van der Waals surface area contributed by atoms with E-state index in [1.807, 2.05) is 4.98 Å². The van der Waals surface area contributed by atoms with Gasteiger partial charge in [-0.2, -0.15) is 13.2 Å². The van der Waals surface area contributed by atoms with Crippen LogP contribution in [0.4, 0.5) is 26.3 Å². The molecule has 16 heteroatoms. The number of nitrogens with zero attached hydrogens (tertiary/aromatic N) is 1. The van der Waals surface area contributed by atoms with Gasteiger partial charge in [0.15, 0.2) is 29.1 Å². The van der Waals surface area contributed by atoms with Crippen molar-refractivity contribution in [2.45, 2.75) is 32.1 Å². The normalized spacial score (nSPS) is 14.2. The first-order valence-corrected chi connectivity index (χ1v) is 12.5. The summed E-state index contributed by atoms with van der Waals surface area (Å²) in [6.45, 7) is 0.816. The molecule has 5 rings (SSSR count). The second-order valence-electron chi connectivity index (χ2n) is 8.78. The summed E-state index contributed by atoms with van der Waals surface area (Å²) in [6, 6.07) is 7.93. The molecule has 1 aliphatic heterocycles. The number of thiophene rings is 1. The molecule has 1 aliphatic rings. The van der Waals surface area contributed by atoms with E-state index >= 15 is 0 Å². The first-order chi connectivity index (χ1) is 19.2. The van der Waals surface area contributed by atoms with Crippen molar-refractivity contribution in [3.8, 4) is 39.2 Å². The summed E-state index contributed by atoms with van der Waals surface area (Å²) in [7, 11) is 0. The van der Waals surface area contributed by atoms with E-state index in [4.69, 9.17) is 14.2 Å². The monoisotopic (exact) mass is 604 g/mol. The third-order valence-corrected chi connectivity index (χ3v) is 7.34. The number of aliphatic hydroxyl groups is 1. The number of rotatable bonds is 6. The van der Waals surface area contributed by atoms with Gasteiger partial charge in [-0.05, 0) is 48.4 Å². The van der Waals surface area contributed by atoms with E-state index in [0.717, 1.165) is 6.07 Å². The third kappa shape index (κ3) is 5.83. The van der Waals surface area contributed by atoms with Crippen LogP contribution in [0.15, 0.2) is 46.0 Å². The molecule has 0 saturated heterocycles. The van der Waals surface area contributed by atoms with Crippen molar-refractivity contribution in [1.82, 2.24) is 9.55 Å². The van der Waals surface area contributed by atoms with Gasteiger partial charge in [0.25, 0.3) is 5.56 Å². The van der Waals surface area contributed by atoms with Gasteiger partial charge in [0.2, 0.25) is 0 Å². The minimum atomic E-state index is -5.12. The Labute approximate surface area is 229 Å². The summed E-state index contributed by atoms with van der Waals surface area (Å²) in [5.41, 5.74) is -1.83. The lowest BCUT2D eigenvalue weighted by atomic mass is 10.1. The standard InChI is InChI=1S/C25H18F6N2O7S/c1-11-19-21(35)32-23(36)33(10-18(34)24(26,27)28)22(19)41-20(11)12-2-4-15(17(8-12)40-25(29,30)31)39-13-3-5-14-16(9-13)38-7-6-37-14/h2-5,8-9,18,34H,6-7,10H2,1H3,(H,32,35,36)/t18-/m1/s1. The molecule has 0 spiro atoms. The second-order valence-corrected chi connectivity index (χ2v) is 9.78. The van der Waals surface area contributed by atoms with Crippen LogP contribution in [0.2, 0.25) is 0 Å². The van der Waals surface area contributed by atoms with Crippen LogP contribution in [0.5, 0.6) is 28.7 Å². The zero-order chi connectivity index (χ0) is 29.7. The Balaban J connectivity index is 1.58. The highest BCUT2D eigenvalue weighted by Crippen LogP contribution is 2.43. The minimum absolute atomic E-state index is 0.0900. The molecule has 3 heterocycles. The van der Waals surface area contributed by atoms with Crippen molar-refractivity contribution < 1.29 is 50.4 Å². The molecule has 2 aromatic heterocycles. The number of aliphatic hydroxyl groups excluding tert-OH is 1. The number of H-pyrrole nitrogens is 1. The number of hydrogen-bond acceptors (Lipinski definition) is 8. The maximum absolute atomic E-state index is 13.3. The van der Waals surface area contributed by atoms with Crippen LogP contribution in [0.1, 0.15) is 5.56 Å².